The summed E-state index contributed by atoms with van der Waals surface area (Å²) < 4.78 is 0. The number of hydrogen-bond acceptors (Lipinski definition) is 2. The van der Waals surface area contributed by atoms with Gasteiger partial charge in [0.15, 0.2) is 0 Å². The third kappa shape index (κ3) is 1.21. The predicted molar refractivity (Wildman–Crippen MR) is 41.3 cm³/mol. The summed E-state index contributed by atoms with van der Waals surface area (Å²) in [5.74, 6) is 0. The standard InChI is InChI=1S/C8H9NO/c1-2-7-5-3-4-6-8(7)9-10/h3-6H,2H2,1H3. The average Bonchev–Trinajstić information content (AvgIpc) is 2.04. The molecular formula is C8H9NO. The highest BCUT2D eigenvalue weighted by molar-refractivity contribution is 5.45. The first kappa shape index (κ1) is 6.93. The SMILES string of the molecule is CCc1ccccc1N=O. The second-order valence-electron chi connectivity index (χ2n) is 2.07. The summed E-state index contributed by atoms with van der Waals surface area (Å²) in [6.45, 7) is 2.00. The number of benzene rings is 1. The van der Waals surface area contributed by atoms with E-state index in [4.69, 9.17) is 0 Å². The van der Waals surface area contributed by atoms with Gasteiger partial charge in [-0.2, -0.15) is 0 Å². The van der Waals surface area contributed by atoms with E-state index in [0.717, 1.165) is 12.0 Å². The van der Waals surface area contributed by atoms with Crippen molar-refractivity contribution >= 4 is 5.69 Å². The monoisotopic (exact) mass is 135 g/mol. The fourth-order valence-electron chi connectivity index (χ4n) is 0.899. The van der Waals surface area contributed by atoms with Crippen molar-refractivity contribution in [2.24, 2.45) is 5.18 Å². The molecule has 0 heterocycles. The second-order valence-corrected chi connectivity index (χ2v) is 2.07. The van der Waals surface area contributed by atoms with E-state index in [0.29, 0.717) is 5.69 Å². The minimum absolute atomic E-state index is 0.560. The summed E-state index contributed by atoms with van der Waals surface area (Å²) in [7, 11) is 0. The maximum atomic E-state index is 10.1. The molecule has 0 aliphatic heterocycles. The molecule has 0 amide bonds. The second kappa shape index (κ2) is 3.11. The molecule has 0 N–H and O–H groups in total. The summed E-state index contributed by atoms with van der Waals surface area (Å²) in [6.07, 6.45) is 0.863. The van der Waals surface area contributed by atoms with Gasteiger partial charge in [0.2, 0.25) is 0 Å². The summed E-state index contributed by atoms with van der Waals surface area (Å²) in [5.41, 5.74) is 1.57. The van der Waals surface area contributed by atoms with Crippen molar-refractivity contribution < 1.29 is 0 Å². The van der Waals surface area contributed by atoms with Gasteiger partial charge in [-0.15, -0.1) is 4.91 Å². The molecule has 0 spiro atoms. The van der Waals surface area contributed by atoms with Gasteiger partial charge in [0, 0.05) is 0 Å². The Balaban J connectivity index is 3.08. The normalized spacial score (nSPS) is 9.30. The molecule has 0 unspecified atom stereocenters. The van der Waals surface area contributed by atoms with E-state index in [1.165, 1.54) is 0 Å². The smallest absolute Gasteiger partial charge is 0.111 e. The van der Waals surface area contributed by atoms with Crippen LogP contribution < -0.4 is 0 Å². The highest BCUT2D eigenvalue weighted by atomic mass is 16.3. The van der Waals surface area contributed by atoms with Crippen molar-refractivity contribution in [3.63, 3.8) is 0 Å². The van der Waals surface area contributed by atoms with Crippen LogP contribution in [-0.4, -0.2) is 0 Å². The van der Waals surface area contributed by atoms with Crippen LogP contribution in [0.1, 0.15) is 12.5 Å². The lowest BCUT2D eigenvalue weighted by atomic mass is 10.1. The van der Waals surface area contributed by atoms with Gasteiger partial charge in [-0.3, -0.25) is 0 Å². The van der Waals surface area contributed by atoms with Gasteiger partial charge in [0.1, 0.15) is 5.69 Å². The molecule has 0 fully saturated rings. The Morgan fingerprint density at radius 3 is 2.60 bits per heavy atom. The molecule has 0 aromatic heterocycles. The Morgan fingerprint density at radius 1 is 1.40 bits per heavy atom. The Bertz CT molecular complexity index is 232. The topological polar surface area (TPSA) is 29.4 Å². The van der Waals surface area contributed by atoms with Crippen LogP contribution in [0, 0.1) is 4.91 Å². The maximum Gasteiger partial charge on any atom is 0.111 e. The number of aryl methyl sites for hydroxylation is 1. The van der Waals surface area contributed by atoms with Crippen molar-refractivity contribution in [1.82, 2.24) is 0 Å². The third-order valence-corrected chi connectivity index (χ3v) is 1.47. The molecule has 10 heavy (non-hydrogen) atoms. The minimum atomic E-state index is 0.560. The van der Waals surface area contributed by atoms with Gasteiger partial charge in [-0.05, 0) is 23.2 Å². The van der Waals surface area contributed by atoms with E-state index in [2.05, 4.69) is 5.18 Å². The van der Waals surface area contributed by atoms with Crippen molar-refractivity contribution in [3.8, 4) is 0 Å². The van der Waals surface area contributed by atoms with Crippen molar-refractivity contribution in [3.05, 3.63) is 34.7 Å². The van der Waals surface area contributed by atoms with Crippen LogP contribution in [0.2, 0.25) is 0 Å². The lowest BCUT2D eigenvalue weighted by Gasteiger charge is -1.95. The maximum absolute atomic E-state index is 10.1. The number of rotatable bonds is 2. The van der Waals surface area contributed by atoms with Crippen LogP contribution in [-0.2, 0) is 6.42 Å². The van der Waals surface area contributed by atoms with E-state index in [9.17, 15) is 4.91 Å². The van der Waals surface area contributed by atoms with E-state index in [-0.39, 0.29) is 0 Å². The molecule has 2 heteroatoms. The number of nitrogens with zero attached hydrogens (tertiary/aromatic N) is 1. The largest absolute Gasteiger partial charge is 0.145 e. The highest BCUT2D eigenvalue weighted by Gasteiger charge is 1.96. The molecule has 0 saturated carbocycles. The van der Waals surface area contributed by atoms with Crippen molar-refractivity contribution in [2.45, 2.75) is 13.3 Å². The molecule has 0 bridgehead atoms. The van der Waals surface area contributed by atoms with Crippen molar-refractivity contribution in [1.29, 1.82) is 0 Å². The zero-order valence-corrected chi connectivity index (χ0v) is 5.87. The molecule has 0 radical (unpaired) electrons. The van der Waals surface area contributed by atoms with Crippen LogP contribution in [0.4, 0.5) is 5.69 Å². The molecule has 52 valence electrons. The first-order valence-electron chi connectivity index (χ1n) is 3.29. The van der Waals surface area contributed by atoms with E-state index >= 15 is 0 Å². The van der Waals surface area contributed by atoms with Gasteiger partial charge >= 0.3 is 0 Å². The molecule has 1 aromatic rings. The molecule has 1 rings (SSSR count). The quantitative estimate of drug-likeness (QED) is 0.573. The summed E-state index contributed by atoms with van der Waals surface area (Å²) >= 11 is 0. The molecule has 0 atom stereocenters. The van der Waals surface area contributed by atoms with Crippen LogP contribution in [0.5, 0.6) is 0 Å². The van der Waals surface area contributed by atoms with Crippen LogP contribution in [0.15, 0.2) is 29.4 Å². The molecule has 1 aromatic carbocycles. The molecule has 0 saturated heterocycles. The van der Waals surface area contributed by atoms with Crippen molar-refractivity contribution in [2.75, 3.05) is 0 Å². The lowest BCUT2D eigenvalue weighted by Crippen LogP contribution is -1.77. The van der Waals surface area contributed by atoms with E-state index in [1.807, 2.05) is 25.1 Å². The Kier molecular flexibility index (Phi) is 2.15. The van der Waals surface area contributed by atoms with Gasteiger partial charge < -0.3 is 0 Å². The summed E-state index contributed by atoms with van der Waals surface area (Å²) in [6, 6.07) is 7.37. The summed E-state index contributed by atoms with van der Waals surface area (Å²) in [4.78, 5) is 10.1. The molecular weight excluding hydrogens is 126 g/mol. The Labute approximate surface area is 59.9 Å². The molecule has 0 aliphatic rings. The van der Waals surface area contributed by atoms with E-state index < -0.39 is 0 Å². The van der Waals surface area contributed by atoms with Crippen LogP contribution in [0.25, 0.3) is 0 Å². The van der Waals surface area contributed by atoms with Crippen LogP contribution >= 0.6 is 0 Å². The minimum Gasteiger partial charge on any atom is -0.145 e. The zero-order valence-electron chi connectivity index (χ0n) is 5.87. The first-order valence-corrected chi connectivity index (χ1v) is 3.29. The van der Waals surface area contributed by atoms with Crippen LogP contribution in [0.3, 0.4) is 0 Å². The zero-order chi connectivity index (χ0) is 7.40. The first-order chi connectivity index (χ1) is 4.88. The van der Waals surface area contributed by atoms with E-state index in [1.54, 1.807) is 6.07 Å². The number of nitroso groups, excluding NO2 is 1. The average molecular weight is 135 g/mol. The Hall–Kier alpha value is -1.18. The highest BCUT2D eigenvalue weighted by Crippen LogP contribution is 2.17. The molecule has 0 aliphatic carbocycles. The van der Waals surface area contributed by atoms with Gasteiger partial charge in [-0.1, -0.05) is 25.1 Å². The van der Waals surface area contributed by atoms with Gasteiger partial charge in [0.25, 0.3) is 0 Å². The third-order valence-electron chi connectivity index (χ3n) is 1.47. The summed E-state index contributed by atoms with van der Waals surface area (Å²) in [5, 5.41) is 2.89. The number of hydrogen-bond donors (Lipinski definition) is 0. The molecule has 2 nitrogen and oxygen atoms in total. The van der Waals surface area contributed by atoms with Gasteiger partial charge in [-0.25, -0.2) is 0 Å². The Morgan fingerprint density at radius 2 is 2.10 bits per heavy atom. The fourth-order valence-corrected chi connectivity index (χ4v) is 0.899. The predicted octanol–water partition coefficient (Wildman–Crippen LogP) is 2.65. The van der Waals surface area contributed by atoms with Gasteiger partial charge in [0.05, 0.1) is 0 Å². The lowest BCUT2D eigenvalue weighted by molar-refractivity contribution is 1.13. The fraction of sp³-hybridized carbons (Fsp3) is 0.250.